The Morgan fingerprint density at radius 3 is 3.18 bits per heavy atom. The van der Waals surface area contributed by atoms with Crippen molar-refractivity contribution in [3.63, 3.8) is 0 Å². The number of carboxylic acid groups (broad SMARTS) is 1. The molecule has 0 fully saturated rings. The second kappa shape index (κ2) is 3.23. The SMILES string of the molecule is NC1=NCCC[C@@H](C(=O)O)N1. The van der Waals surface area contributed by atoms with Crippen molar-refractivity contribution >= 4 is 11.9 Å². The van der Waals surface area contributed by atoms with Gasteiger partial charge in [-0.15, -0.1) is 0 Å². The summed E-state index contributed by atoms with van der Waals surface area (Å²) < 4.78 is 0. The number of guanidine groups is 1. The number of nitrogens with two attached hydrogens (primary N) is 1. The Hall–Kier alpha value is -1.26. The molecule has 1 heterocycles. The van der Waals surface area contributed by atoms with Crippen LogP contribution in [0.1, 0.15) is 12.8 Å². The quantitative estimate of drug-likeness (QED) is 0.462. The lowest BCUT2D eigenvalue weighted by Gasteiger charge is -2.10. The van der Waals surface area contributed by atoms with Gasteiger partial charge >= 0.3 is 5.97 Å². The first-order chi connectivity index (χ1) is 5.20. The van der Waals surface area contributed by atoms with Gasteiger partial charge in [0.1, 0.15) is 6.04 Å². The van der Waals surface area contributed by atoms with E-state index in [-0.39, 0.29) is 5.96 Å². The van der Waals surface area contributed by atoms with E-state index in [1.165, 1.54) is 0 Å². The summed E-state index contributed by atoms with van der Waals surface area (Å²) in [4.78, 5) is 14.4. The minimum atomic E-state index is -0.870. The molecule has 1 aliphatic heterocycles. The van der Waals surface area contributed by atoms with Crippen LogP contribution in [0.5, 0.6) is 0 Å². The third kappa shape index (κ3) is 2.10. The van der Waals surface area contributed by atoms with E-state index < -0.39 is 12.0 Å². The number of carboxylic acids is 1. The largest absolute Gasteiger partial charge is 0.480 e. The number of nitrogens with one attached hydrogen (secondary N) is 1. The molecule has 0 aromatic rings. The Kier molecular flexibility index (Phi) is 2.30. The molecule has 0 saturated heterocycles. The molecule has 62 valence electrons. The monoisotopic (exact) mass is 157 g/mol. The van der Waals surface area contributed by atoms with E-state index in [1.54, 1.807) is 0 Å². The molecule has 1 aliphatic rings. The molecular weight excluding hydrogens is 146 g/mol. The molecule has 0 unspecified atom stereocenters. The third-order valence-corrected chi connectivity index (χ3v) is 1.55. The van der Waals surface area contributed by atoms with Crippen molar-refractivity contribution in [2.75, 3.05) is 6.54 Å². The zero-order valence-corrected chi connectivity index (χ0v) is 6.08. The topological polar surface area (TPSA) is 87.7 Å². The summed E-state index contributed by atoms with van der Waals surface area (Å²) in [6, 6.07) is -0.568. The summed E-state index contributed by atoms with van der Waals surface area (Å²) in [6.45, 7) is 0.614. The first-order valence-electron chi connectivity index (χ1n) is 3.49. The van der Waals surface area contributed by atoms with Crippen molar-refractivity contribution in [2.24, 2.45) is 10.7 Å². The third-order valence-electron chi connectivity index (χ3n) is 1.55. The normalized spacial score (nSPS) is 24.7. The Bertz CT molecular complexity index is 190. The van der Waals surface area contributed by atoms with E-state index >= 15 is 0 Å². The molecule has 0 aliphatic carbocycles. The molecule has 5 heteroatoms. The predicted molar refractivity (Wildman–Crippen MR) is 40.3 cm³/mol. The molecule has 0 aromatic heterocycles. The molecular formula is C6H11N3O2. The van der Waals surface area contributed by atoms with E-state index in [4.69, 9.17) is 10.8 Å². The number of carbonyl (C=O) groups is 1. The van der Waals surface area contributed by atoms with Gasteiger partial charge in [0.25, 0.3) is 0 Å². The first-order valence-corrected chi connectivity index (χ1v) is 3.49. The van der Waals surface area contributed by atoms with E-state index in [9.17, 15) is 4.79 Å². The van der Waals surface area contributed by atoms with Crippen molar-refractivity contribution in [3.05, 3.63) is 0 Å². The maximum absolute atomic E-state index is 10.5. The number of hydrogen-bond acceptors (Lipinski definition) is 4. The van der Waals surface area contributed by atoms with E-state index in [1.807, 2.05) is 0 Å². The lowest BCUT2D eigenvalue weighted by Crippen LogP contribution is -2.43. The first kappa shape index (κ1) is 7.84. The van der Waals surface area contributed by atoms with Crippen LogP contribution in [0.3, 0.4) is 0 Å². The molecule has 1 rings (SSSR count). The van der Waals surface area contributed by atoms with Crippen LogP contribution in [0.2, 0.25) is 0 Å². The van der Waals surface area contributed by atoms with Crippen molar-refractivity contribution in [1.29, 1.82) is 0 Å². The minimum absolute atomic E-state index is 0.231. The smallest absolute Gasteiger partial charge is 0.326 e. The second-order valence-electron chi connectivity index (χ2n) is 2.44. The molecule has 0 saturated carbocycles. The van der Waals surface area contributed by atoms with E-state index in [2.05, 4.69) is 10.3 Å². The highest BCUT2D eigenvalue weighted by Crippen LogP contribution is 2.00. The van der Waals surface area contributed by atoms with Crippen molar-refractivity contribution in [1.82, 2.24) is 5.32 Å². The van der Waals surface area contributed by atoms with E-state index in [0.29, 0.717) is 13.0 Å². The van der Waals surface area contributed by atoms with Crippen LogP contribution in [0, 0.1) is 0 Å². The average Bonchev–Trinajstić information content (AvgIpc) is 2.13. The lowest BCUT2D eigenvalue weighted by molar-refractivity contribution is -0.139. The molecule has 0 radical (unpaired) electrons. The van der Waals surface area contributed by atoms with Crippen LogP contribution in [-0.2, 0) is 4.79 Å². The standard InChI is InChI=1S/C6H11N3O2/c7-6-8-3-1-2-4(9-6)5(10)11/h4H,1-3H2,(H,10,11)(H3,7,8,9)/t4-/m0/s1. The molecule has 0 spiro atoms. The highest BCUT2D eigenvalue weighted by atomic mass is 16.4. The fourth-order valence-corrected chi connectivity index (χ4v) is 0.976. The molecule has 0 aromatic carbocycles. The van der Waals surface area contributed by atoms with Crippen LogP contribution in [0.15, 0.2) is 4.99 Å². The second-order valence-corrected chi connectivity index (χ2v) is 2.44. The Morgan fingerprint density at radius 1 is 1.82 bits per heavy atom. The molecule has 1 atom stereocenters. The predicted octanol–water partition coefficient (Wildman–Crippen LogP) is -0.862. The Morgan fingerprint density at radius 2 is 2.55 bits per heavy atom. The number of aliphatic carboxylic acids is 1. The van der Waals surface area contributed by atoms with Gasteiger partial charge in [0.05, 0.1) is 0 Å². The fraction of sp³-hybridized carbons (Fsp3) is 0.667. The van der Waals surface area contributed by atoms with Gasteiger partial charge in [-0.2, -0.15) is 0 Å². The molecule has 11 heavy (non-hydrogen) atoms. The fourth-order valence-electron chi connectivity index (χ4n) is 0.976. The highest BCUT2D eigenvalue weighted by molar-refractivity contribution is 5.84. The van der Waals surface area contributed by atoms with Gasteiger partial charge in [-0.25, -0.2) is 4.79 Å². The summed E-state index contributed by atoms with van der Waals surface area (Å²) >= 11 is 0. The van der Waals surface area contributed by atoms with Gasteiger partial charge in [-0.3, -0.25) is 4.99 Å². The average molecular weight is 157 g/mol. The Labute approximate surface area is 64.3 Å². The summed E-state index contributed by atoms with van der Waals surface area (Å²) in [5.74, 6) is -0.639. The molecule has 0 amide bonds. The number of aliphatic imine (C=N–C) groups is 1. The van der Waals surface area contributed by atoms with Crippen molar-refractivity contribution in [2.45, 2.75) is 18.9 Å². The van der Waals surface area contributed by atoms with Crippen molar-refractivity contribution < 1.29 is 9.90 Å². The number of rotatable bonds is 1. The van der Waals surface area contributed by atoms with Gasteiger partial charge in [0.2, 0.25) is 0 Å². The van der Waals surface area contributed by atoms with Gasteiger partial charge < -0.3 is 16.2 Å². The number of hydrogen-bond donors (Lipinski definition) is 3. The molecule has 4 N–H and O–H groups in total. The lowest BCUT2D eigenvalue weighted by atomic mass is 10.2. The Balaban J connectivity index is 2.56. The minimum Gasteiger partial charge on any atom is -0.480 e. The van der Waals surface area contributed by atoms with Crippen LogP contribution < -0.4 is 11.1 Å². The summed E-state index contributed by atoms with van der Waals surface area (Å²) in [5.41, 5.74) is 5.34. The number of nitrogens with zero attached hydrogens (tertiary/aromatic N) is 1. The van der Waals surface area contributed by atoms with Gasteiger partial charge in [-0.1, -0.05) is 0 Å². The highest BCUT2D eigenvalue weighted by Gasteiger charge is 2.18. The molecule has 5 nitrogen and oxygen atoms in total. The van der Waals surface area contributed by atoms with E-state index in [0.717, 1.165) is 6.42 Å². The summed E-state index contributed by atoms with van der Waals surface area (Å²) in [5, 5.41) is 11.2. The van der Waals surface area contributed by atoms with Gasteiger partial charge in [0, 0.05) is 6.54 Å². The zero-order valence-electron chi connectivity index (χ0n) is 6.08. The van der Waals surface area contributed by atoms with Gasteiger partial charge in [-0.05, 0) is 12.8 Å². The van der Waals surface area contributed by atoms with Crippen molar-refractivity contribution in [3.8, 4) is 0 Å². The summed E-state index contributed by atoms with van der Waals surface area (Å²) in [7, 11) is 0. The van der Waals surface area contributed by atoms with Crippen LogP contribution in [0.25, 0.3) is 0 Å². The van der Waals surface area contributed by atoms with Crippen LogP contribution >= 0.6 is 0 Å². The zero-order chi connectivity index (χ0) is 8.27. The molecule has 0 bridgehead atoms. The van der Waals surface area contributed by atoms with Crippen LogP contribution in [-0.4, -0.2) is 29.6 Å². The maximum Gasteiger partial charge on any atom is 0.326 e. The summed E-state index contributed by atoms with van der Waals surface area (Å²) in [6.07, 6.45) is 1.35. The van der Waals surface area contributed by atoms with Crippen LogP contribution in [0.4, 0.5) is 0 Å². The maximum atomic E-state index is 10.5. The van der Waals surface area contributed by atoms with Gasteiger partial charge in [0.15, 0.2) is 5.96 Å².